The minimum Gasteiger partial charge on any atom is -0.382 e. The van der Waals surface area contributed by atoms with Gasteiger partial charge in [0.1, 0.15) is 0 Å². The summed E-state index contributed by atoms with van der Waals surface area (Å²) < 4.78 is 5.51. The molecule has 3 N–H and O–H groups in total. The average Bonchev–Trinajstić information content (AvgIpc) is 2.38. The molecular weight excluding hydrogens is 224 g/mol. The smallest absolute Gasteiger partial charge is 0.0736 e. The van der Waals surface area contributed by atoms with E-state index in [2.05, 4.69) is 29.6 Å². The van der Waals surface area contributed by atoms with Crippen LogP contribution in [-0.2, 0) is 11.3 Å². The Kier molecular flexibility index (Phi) is 5.02. The molecular formula is C15H24N2O. The van der Waals surface area contributed by atoms with Gasteiger partial charge in [0, 0.05) is 29.9 Å². The Morgan fingerprint density at radius 2 is 2.17 bits per heavy atom. The van der Waals surface area contributed by atoms with Gasteiger partial charge in [-0.2, -0.15) is 0 Å². The van der Waals surface area contributed by atoms with Crippen LogP contribution in [0.3, 0.4) is 0 Å². The number of rotatable bonds is 5. The zero-order valence-electron chi connectivity index (χ0n) is 11.2. The largest absolute Gasteiger partial charge is 0.382 e. The van der Waals surface area contributed by atoms with E-state index in [9.17, 15) is 0 Å². The Labute approximate surface area is 110 Å². The van der Waals surface area contributed by atoms with Gasteiger partial charge in [0.05, 0.1) is 6.61 Å². The van der Waals surface area contributed by atoms with E-state index >= 15 is 0 Å². The Morgan fingerprint density at radius 3 is 2.94 bits per heavy atom. The van der Waals surface area contributed by atoms with Gasteiger partial charge in [0.25, 0.3) is 0 Å². The fraction of sp³-hybridized carbons (Fsp3) is 0.600. The quantitative estimate of drug-likeness (QED) is 0.842. The van der Waals surface area contributed by atoms with Crippen molar-refractivity contribution in [2.75, 3.05) is 11.9 Å². The summed E-state index contributed by atoms with van der Waals surface area (Å²) in [5.41, 5.74) is 8.47. The van der Waals surface area contributed by atoms with Gasteiger partial charge in [-0.05, 0) is 38.7 Å². The molecule has 1 aromatic carbocycles. The molecule has 18 heavy (non-hydrogen) atoms. The molecule has 1 aliphatic rings. The van der Waals surface area contributed by atoms with Crippen LogP contribution in [0.4, 0.5) is 5.69 Å². The van der Waals surface area contributed by atoms with Gasteiger partial charge < -0.3 is 15.8 Å². The second kappa shape index (κ2) is 6.76. The highest BCUT2D eigenvalue weighted by atomic mass is 16.5. The lowest BCUT2D eigenvalue weighted by molar-refractivity contribution is 0.134. The number of nitrogens with two attached hydrogens (primary N) is 1. The highest BCUT2D eigenvalue weighted by molar-refractivity contribution is 5.51. The van der Waals surface area contributed by atoms with Crippen molar-refractivity contribution in [1.29, 1.82) is 0 Å². The summed E-state index contributed by atoms with van der Waals surface area (Å²) in [6.45, 7) is 3.46. The molecule has 2 unspecified atom stereocenters. The highest BCUT2D eigenvalue weighted by Gasteiger charge is 2.19. The van der Waals surface area contributed by atoms with E-state index in [-0.39, 0.29) is 0 Å². The summed E-state index contributed by atoms with van der Waals surface area (Å²) in [5.74, 6) is 0. The Morgan fingerprint density at radius 1 is 1.33 bits per heavy atom. The molecule has 0 spiro atoms. The molecule has 1 saturated carbocycles. The predicted molar refractivity (Wildman–Crippen MR) is 75.6 cm³/mol. The molecule has 100 valence electrons. The monoisotopic (exact) mass is 248 g/mol. The summed E-state index contributed by atoms with van der Waals surface area (Å²) in [7, 11) is 0. The van der Waals surface area contributed by atoms with Crippen LogP contribution in [0.25, 0.3) is 0 Å². The van der Waals surface area contributed by atoms with Crippen LogP contribution in [0, 0.1) is 0 Å². The first kappa shape index (κ1) is 13.4. The number of hydrogen-bond donors (Lipinski definition) is 2. The molecule has 1 aromatic rings. The summed E-state index contributed by atoms with van der Waals surface area (Å²) >= 11 is 0. The molecule has 1 aliphatic carbocycles. The number of hydrogen-bond acceptors (Lipinski definition) is 3. The highest BCUT2D eigenvalue weighted by Crippen LogP contribution is 2.23. The van der Waals surface area contributed by atoms with Crippen LogP contribution in [0.5, 0.6) is 0 Å². The first-order valence-electron chi connectivity index (χ1n) is 6.97. The maximum Gasteiger partial charge on any atom is 0.0736 e. The molecule has 3 heteroatoms. The third kappa shape index (κ3) is 3.72. The van der Waals surface area contributed by atoms with Crippen molar-refractivity contribution in [2.24, 2.45) is 5.73 Å². The summed E-state index contributed by atoms with van der Waals surface area (Å²) in [4.78, 5) is 0. The van der Waals surface area contributed by atoms with Gasteiger partial charge in [-0.15, -0.1) is 0 Å². The van der Waals surface area contributed by atoms with E-state index in [0.717, 1.165) is 13.0 Å². The molecule has 0 radical (unpaired) electrons. The maximum absolute atomic E-state index is 6.03. The van der Waals surface area contributed by atoms with Crippen molar-refractivity contribution in [1.82, 2.24) is 0 Å². The number of benzene rings is 1. The fourth-order valence-electron chi connectivity index (χ4n) is 2.58. The van der Waals surface area contributed by atoms with E-state index in [1.165, 1.54) is 30.5 Å². The molecule has 3 nitrogen and oxygen atoms in total. The van der Waals surface area contributed by atoms with Crippen LogP contribution >= 0.6 is 0 Å². The first-order chi connectivity index (χ1) is 8.79. The van der Waals surface area contributed by atoms with Crippen LogP contribution < -0.4 is 11.1 Å². The lowest BCUT2D eigenvalue weighted by Crippen LogP contribution is -2.35. The van der Waals surface area contributed by atoms with Crippen LogP contribution in [0.1, 0.15) is 38.2 Å². The SMILES string of the molecule is CCOCc1ccccc1NC1CCCC(N)C1. The molecule has 1 fully saturated rings. The molecule has 0 aromatic heterocycles. The molecule has 0 heterocycles. The summed E-state index contributed by atoms with van der Waals surface area (Å²) in [6, 6.07) is 9.26. The standard InChI is InChI=1S/C15H24N2O/c1-2-18-11-12-6-3-4-9-15(12)17-14-8-5-7-13(16)10-14/h3-4,6,9,13-14,17H,2,5,7-8,10-11,16H2,1H3. The number of nitrogens with one attached hydrogen (secondary N) is 1. The van der Waals surface area contributed by atoms with E-state index < -0.39 is 0 Å². The van der Waals surface area contributed by atoms with Crippen LogP contribution in [0.15, 0.2) is 24.3 Å². The number of para-hydroxylation sites is 1. The van der Waals surface area contributed by atoms with Crippen molar-refractivity contribution in [3.8, 4) is 0 Å². The molecule has 0 saturated heterocycles. The third-order valence-electron chi connectivity index (χ3n) is 3.55. The first-order valence-corrected chi connectivity index (χ1v) is 6.97. The van der Waals surface area contributed by atoms with E-state index in [1.54, 1.807) is 0 Å². The third-order valence-corrected chi connectivity index (χ3v) is 3.55. The van der Waals surface area contributed by atoms with Crippen LogP contribution in [-0.4, -0.2) is 18.7 Å². The Bertz CT molecular complexity index is 367. The van der Waals surface area contributed by atoms with E-state index in [1.807, 2.05) is 6.92 Å². The molecule has 2 atom stereocenters. The van der Waals surface area contributed by atoms with Gasteiger partial charge in [0.2, 0.25) is 0 Å². The van der Waals surface area contributed by atoms with Crippen molar-refractivity contribution in [3.63, 3.8) is 0 Å². The number of ether oxygens (including phenoxy) is 1. The minimum absolute atomic E-state index is 0.357. The Balaban J connectivity index is 1.99. The van der Waals surface area contributed by atoms with Gasteiger partial charge in [-0.3, -0.25) is 0 Å². The maximum atomic E-state index is 6.03. The van der Waals surface area contributed by atoms with Crippen molar-refractivity contribution >= 4 is 5.69 Å². The van der Waals surface area contributed by atoms with Gasteiger partial charge in [-0.1, -0.05) is 18.2 Å². The zero-order chi connectivity index (χ0) is 12.8. The van der Waals surface area contributed by atoms with Gasteiger partial charge in [-0.25, -0.2) is 0 Å². The lowest BCUT2D eigenvalue weighted by atomic mass is 9.91. The van der Waals surface area contributed by atoms with Crippen molar-refractivity contribution < 1.29 is 4.74 Å². The predicted octanol–water partition coefficient (Wildman–Crippen LogP) is 2.90. The van der Waals surface area contributed by atoms with Crippen molar-refractivity contribution in [2.45, 2.75) is 51.3 Å². The van der Waals surface area contributed by atoms with E-state index in [4.69, 9.17) is 10.5 Å². The second-order valence-corrected chi connectivity index (χ2v) is 5.06. The molecule has 0 bridgehead atoms. The van der Waals surface area contributed by atoms with Crippen molar-refractivity contribution in [3.05, 3.63) is 29.8 Å². The second-order valence-electron chi connectivity index (χ2n) is 5.06. The van der Waals surface area contributed by atoms with Gasteiger partial charge in [0.15, 0.2) is 0 Å². The summed E-state index contributed by atoms with van der Waals surface area (Å²) in [5, 5.41) is 3.63. The normalized spacial score (nSPS) is 23.9. The molecule has 0 aliphatic heterocycles. The average molecular weight is 248 g/mol. The van der Waals surface area contributed by atoms with Gasteiger partial charge >= 0.3 is 0 Å². The molecule has 2 rings (SSSR count). The topological polar surface area (TPSA) is 47.3 Å². The molecule has 0 amide bonds. The summed E-state index contributed by atoms with van der Waals surface area (Å²) in [6.07, 6.45) is 4.69. The fourth-order valence-corrected chi connectivity index (χ4v) is 2.58. The van der Waals surface area contributed by atoms with E-state index in [0.29, 0.717) is 18.7 Å². The minimum atomic E-state index is 0.357. The lowest BCUT2D eigenvalue weighted by Gasteiger charge is -2.29. The van der Waals surface area contributed by atoms with Crippen LogP contribution in [0.2, 0.25) is 0 Å². The zero-order valence-corrected chi connectivity index (χ0v) is 11.2. The Hall–Kier alpha value is -1.06. The number of anilines is 1.